The molecule has 0 aromatic heterocycles. The molecule has 5 nitrogen and oxygen atoms in total. The highest BCUT2D eigenvalue weighted by atomic mass is 35.5. The van der Waals surface area contributed by atoms with Crippen molar-refractivity contribution in [1.82, 2.24) is 5.32 Å². The number of phenols is 1. The van der Waals surface area contributed by atoms with Gasteiger partial charge in [0.15, 0.2) is 0 Å². The number of carbonyl (C=O) groups is 2. The molecule has 2 rings (SSSR count). The number of hydrogen-bond acceptors (Lipinski definition) is 4. The van der Waals surface area contributed by atoms with E-state index in [2.05, 4.69) is 5.32 Å². The Balaban J connectivity index is 1.98. The van der Waals surface area contributed by atoms with Gasteiger partial charge in [-0.15, -0.1) is 0 Å². The highest BCUT2D eigenvalue weighted by Gasteiger charge is 2.28. The summed E-state index contributed by atoms with van der Waals surface area (Å²) >= 11 is 11.7. The van der Waals surface area contributed by atoms with Gasteiger partial charge in [-0.2, -0.15) is 0 Å². The van der Waals surface area contributed by atoms with Crippen LogP contribution in [0.5, 0.6) is 5.75 Å². The fraction of sp³-hybridized carbons (Fsp3) is 0.467. The van der Waals surface area contributed by atoms with E-state index in [1.807, 2.05) is 0 Å². The van der Waals surface area contributed by atoms with Gasteiger partial charge in [0.05, 0.1) is 23.6 Å². The molecule has 1 fully saturated rings. The van der Waals surface area contributed by atoms with Gasteiger partial charge in [0.2, 0.25) is 0 Å². The van der Waals surface area contributed by atoms with Crippen molar-refractivity contribution in [1.29, 1.82) is 0 Å². The summed E-state index contributed by atoms with van der Waals surface area (Å²) in [6.45, 7) is 0. The minimum Gasteiger partial charge on any atom is -0.506 e. The van der Waals surface area contributed by atoms with E-state index in [0.717, 1.165) is 0 Å². The van der Waals surface area contributed by atoms with E-state index in [4.69, 9.17) is 27.9 Å². The molecule has 1 aromatic rings. The predicted molar refractivity (Wildman–Crippen MR) is 83.4 cm³/mol. The van der Waals surface area contributed by atoms with Gasteiger partial charge < -0.3 is 15.2 Å². The summed E-state index contributed by atoms with van der Waals surface area (Å²) in [5, 5.41) is 13.0. The number of phenolic OH excluding ortho intramolecular Hbond substituents is 1. The van der Waals surface area contributed by atoms with E-state index >= 15 is 0 Å². The molecule has 0 spiro atoms. The third-order valence-electron chi connectivity index (χ3n) is 3.87. The van der Waals surface area contributed by atoms with Crippen LogP contribution < -0.4 is 5.32 Å². The van der Waals surface area contributed by atoms with E-state index in [1.54, 1.807) is 0 Å². The summed E-state index contributed by atoms with van der Waals surface area (Å²) in [6, 6.07) is 2.69. The number of carbonyl (C=O) groups excluding carboxylic acids is 2. The molecule has 0 aliphatic heterocycles. The first-order valence-corrected chi connectivity index (χ1v) is 7.74. The number of rotatable bonds is 3. The maximum Gasteiger partial charge on any atom is 0.308 e. The van der Waals surface area contributed by atoms with Gasteiger partial charge in [0.1, 0.15) is 5.75 Å². The molecule has 0 heterocycles. The summed E-state index contributed by atoms with van der Waals surface area (Å²) in [5.41, 5.74) is 0.0487. The Labute approximate surface area is 138 Å². The minimum atomic E-state index is -0.427. The van der Waals surface area contributed by atoms with Gasteiger partial charge in [0, 0.05) is 11.1 Å². The highest BCUT2D eigenvalue weighted by Crippen LogP contribution is 2.32. The first kappa shape index (κ1) is 16.9. The fourth-order valence-corrected chi connectivity index (χ4v) is 3.14. The predicted octanol–water partition coefficient (Wildman–Crippen LogP) is 3.16. The second-order valence-electron chi connectivity index (χ2n) is 5.33. The van der Waals surface area contributed by atoms with Crippen LogP contribution >= 0.6 is 23.2 Å². The molecule has 1 aliphatic carbocycles. The van der Waals surface area contributed by atoms with Crippen molar-refractivity contribution in [3.63, 3.8) is 0 Å². The number of hydrogen-bond donors (Lipinski definition) is 2. The molecule has 1 aliphatic rings. The van der Waals surface area contributed by atoms with E-state index in [-0.39, 0.29) is 39.3 Å². The molecule has 0 atom stereocenters. The zero-order chi connectivity index (χ0) is 16.3. The molecule has 0 bridgehead atoms. The number of esters is 1. The van der Waals surface area contributed by atoms with Crippen LogP contribution in [0.4, 0.5) is 0 Å². The summed E-state index contributed by atoms with van der Waals surface area (Å²) in [6.07, 6.45) is 2.70. The molecule has 0 unspecified atom stereocenters. The monoisotopic (exact) mass is 345 g/mol. The summed E-state index contributed by atoms with van der Waals surface area (Å²) in [4.78, 5) is 23.7. The second-order valence-corrected chi connectivity index (χ2v) is 6.17. The highest BCUT2D eigenvalue weighted by molar-refractivity contribution is 6.36. The molecule has 1 saturated carbocycles. The largest absolute Gasteiger partial charge is 0.506 e. The van der Waals surface area contributed by atoms with Crippen LogP contribution in [-0.2, 0) is 9.53 Å². The van der Waals surface area contributed by atoms with Crippen LogP contribution in [0, 0.1) is 5.92 Å². The fourth-order valence-electron chi connectivity index (χ4n) is 2.64. The van der Waals surface area contributed by atoms with Gasteiger partial charge in [-0.3, -0.25) is 9.59 Å². The zero-order valence-corrected chi connectivity index (χ0v) is 13.6. The summed E-state index contributed by atoms with van der Waals surface area (Å²) in [7, 11) is 1.38. The van der Waals surface area contributed by atoms with Gasteiger partial charge in [-0.25, -0.2) is 0 Å². The number of aromatic hydroxyl groups is 1. The number of amides is 1. The maximum atomic E-state index is 12.2. The lowest BCUT2D eigenvalue weighted by atomic mass is 9.86. The Kier molecular flexibility index (Phi) is 5.53. The number of nitrogens with one attached hydrogen (secondary N) is 1. The van der Waals surface area contributed by atoms with Crippen molar-refractivity contribution < 1.29 is 19.4 Å². The molecule has 120 valence electrons. The molecular formula is C15H17Cl2NO4. The lowest BCUT2D eigenvalue weighted by Gasteiger charge is -2.27. The number of methoxy groups -OCH3 is 1. The summed E-state index contributed by atoms with van der Waals surface area (Å²) in [5.74, 6) is -1.02. The average molecular weight is 346 g/mol. The van der Waals surface area contributed by atoms with E-state index in [1.165, 1.54) is 19.2 Å². The summed E-state index contributed by atoms with van der Waals surface area (Å²) < 4.78 is 4.73. The quantitative estimate of drug-likeness (QED) is 0.825. The Bertz CT molecular complexity index is 583. The van der Waals surface area contributed by atoms with Gasteiger partial charge in [-0.1, -0.05) is 23.2 Å². The minimum absolute atomic E-state index is 0.0343. The number of halogens is 2. The molecule has 7 heteroatoms. The Morgan fingerprint density at radius 1 is 1.23 bits per heavy atom. The standard InChI is InChI=1S/C15H17Cl2NO4/c1-22-15(21)8-2-4-10(5-3-8)18-14(20)11-6-9(16)7-12(17)13(11)19/h6-8,10,19H,2-5H2,1H3,(H,18,20). The lowest BCUT2D eigenvalue weighted by Crippen LogP contribution is -2.38. The average Bonchev–Trinajstić information content (AvgIpc) is 2.50. The molecule has 0 saturated heterocycles. The van der Waals surface area contributed by atoms with E-state index in [0.29, 0.717) is 25.7 Å². The van der Waals surface area contributed by atoms with Gasteiger partial charge in [0.25, 0.3) is 5.91 Å². The van der Waals surface area contributed by atoms with Crippen molar-refractivity contribution in [2.45, 2.75) is 31.7 Å². The Hall–Kier alpha value is -1.46. The van der Waals surface area contributed by atoms with Crippen LogP contribution in [0.3, 0.4) is 0 Å². The van der Waals surface area contributed by atoms with Crippen molar-refractivity contribution >= 4 is 35.1 Å². The maximum absolute atomic E-state index is 12.2. The van der Waals surface area contributed by atoms with Gasteiger partial charge >= 0.3 is 5.97 Å². The first-order chi connectivity index (χ1) is 10.4. The molecule has 22 heavy (non-hydrogen) atoms. The molecular weight excluding hydrogens is 329 g/mol. The van der Waals surface area contributed by atoms with Crippen molar-refractivity contribution in [3.8, 4) is 5.75 Å². The van der Waals surface area contributed by atoms with Crippen LogP contribution in [-0.4, -0.2) is 30.1 Å². The Morgan fingerprint density at radius 2 is 1.86 bits per heavy atom. The Morgan fingerprint density at radius 3 is 2.45 bits per heavy atom. The molecule has 0 radical (unpaired) electrons. The van der Waals surface area contributed by atoms with Crippen molar-refractivity contribution in [3.05, 3.63) is 27.7 Å². The second kappa shape index (κ2) is 7.20. The number of ether oxygens (including phenoxy) is 1. The van der Waals surface area contributed by atoms with E-state index < -0.39 is 5.91 Å². The molecule has 2 N–H and O–H groups in total. The lowest BCUT2D eigenvalue weighted by molar-refractivity contribution is -0.146. The SMILES string of the molecule is COC(=O)C1CCC(NC(=O)c2cc(Cl)cc(Cl)c2O)CC1. The van der Waals surface area contributed by atoms with Crippen LogP contribution in [0.25, 0.3) is 0 Å². The van der Waals surface area contributed by atoms with Crippen molar-refractivity contribution in [2.75, 3.05) is 7.11 Å². The topological polar surface area (TPSA) is 75.6 Å². The molecule has 1 aromatic carbocycles. The number of benzene rings is 1. The van der Waals surface area contributed by atoms with Crippen LogP contribution in [0.1, 0.15) is 36.0 Å². The van der Waals surface area contributed by atoms with Crippen LogP contribution in [0.15, 0.2) is 12.1 Å². The smallest absolute Gasteiger partial charge is 0.308 e. The van der Waals surface area contributed by atoms with Crippen LogP contribution in [0.2, 0.25) is 10.0 Å². The van der Waals surface area contributed by atoms with Gasteiger partial charge in [-0.05, 0) is 37.8 Å². The normalized spacial score (nSPS) is 21.2. The molecule has 1 amide bonds. The third kappa shape index (κ3) is 3.84. The van der Waals surface area contributed by atoms with Crippen molar-refractivity contribution in [2.24, 2.45) is 5.92 Å². The third-order valence-corrected chi connectivity index (χ3v) is 4.38. The first-order valence-electron chi connectivity index (χ1n) is 6.99. The van der Waals surface area contributed by atoms with E-state index in [9.17, 15) is 14.7 Å². The zero-order valence-electron chi connectivity index (χ0n) is 12.1.